The molecule has 21 heavy (non-hydrogen) atoms. The second-order valence-electron chi connectivity index (χ2n) is 6.78. The lowest BCUT2D eigenvalue weighted by Gasteiger charge is -2.45. The number of rotatable bonds is 2. The van der Waals surface area contributed by atoms with E-state index in [0.29, 0.717) is 5.92 Å². The Balaban J connectivity index is 1.91. The summed E-state index contributed by atoms with van der Waals surface area (Å²) in [5.74, 6) is 0.278. The van der Waals surface area contributed by atoms with Crippen molar-refractivity contribution in [2.75, 3.05) is 11.9 Å². The van der Waals surface area contributed by atoms with Crippen LogP contribution < -0.4 is 16.8 Å². The van der Waals surface area contributed by atoms with Gasteiger partial charge in [-0.05, 0) is 43.2 Å². The number of hydrogen-bond acceptors (Lipinski definition) is 3. The summed E-state index contributed by atoms with van der Waals surface area (Å²) in [6, 6.07) is 8.12. The van der Waals surface area contributed by atoms with Crippen molar-refractivity contribution in [3.05, 3.63) is 35.9 Å². The maximum absolute atomic E-state index is 12.5. The van der Waals surface area contributed by atoms with Gasteiger partial charge in [-0.3, -0.25) is 4.79 Å². The second-order valence-corrected chi connectivity index (χ2v) is 6.78. The fourth-order valence-corrected chi connectivity index (χ4v) is 4.89. The average molecular weight is 283 g/mol. The summed E-state index contributed by atoms with van der Waals surface area (Å²) in [7, 11) is 0. The van der Waals surface area contributed by atoms with E-state index in [-0.39, 0.29) is 5.91 Å². The monoisotopic (exact) mass is 283 g/mol. The number of amides is 1. The minimum atomic E-state index is -0.700. The van der Waals surface area contributed by atoms with Crippen LogP contribution in [-0.4, -0.2) is 18.0 Å². The zero-order valence-electron chi connectivity index (χ0n) is 12.1. The number of nitrogens with two attached hydrogens (primary N) is 2. The number of fused-ring (bicyclic) bond motifs is 3. The second kappa shape index (κ2) is 4.10. The first-order valence-corrected chi connectivity index (χ1v) is 7.69. The first-order chi connectivity index (χ1) is 10.1. The Morgan fingerprint density at radius 1 is 1.29 bits per heavy atom. The number of primary amides is 1. The number of anilines is 1. The molecule has 0 spiro atoms. The zero-order chi connectivity index (χ0) is 14.7. The van der Waals surface area contributed by atoms with E-state index in [1.807, 2.05) is 18.2 Å². The molecule has 2 bridgehead atoms. The molecule has 5 N–H and O–H groups in total. The molecule has 4 nitrogen and oxygen atoms in total. The van der Waals surface area contributed by atoms with Gasteiger partial charge in [-0.15, -0.1) is 0 Å². The molecule has 0 saturated heterocycles. The highest BCUT2D eigenvalue weighted by Gasteiger charge is 2.64. The van der Waals surface area contributed by atoms with E-state index in [0.717, 1.165) is 49.1 Å². The Morgan fingerprint density at radius 2 is 2.10 bits per heavy atom. The van der Waals surface area contributed by atoms with Gasteiger partial charge in [0.1, 0.15) is 0 Å². The summed E-state index contributed by atoms with van der Waals surface area (Å²) in [5, 5.41) is 3.36. The highest BCUT2D eigenvalue weighted by Crippen LogP contribution is 2.63. The third-order valence-electron chi connectivity index (χ3n) is 5.79. The van der Waals surface area contributed by atoms with Gasteiger partial charge < -0.3 is 16.8 Å². The van der Waals surface area contributed by atoms with Crippen molar-refractivity contribution in [3.63, 3.8) is 0 Å². The van der Waals surface area contributed by atoms with Crippen LogP contribution in [0.4, 0.5) is 5.69 Å². The summed E-state index contributed by atoms with van der Waals surface area (Å²) in [4.78, 5) is 12.5. The van der Waals surface area contributed by atoms with Crippen LogP contribution in [0.3, 0.4) is 0 Å². The van der Waals surface area contributed by atoms with E-state index in [1.54, 1.807) is 0 Å². The van der Waals surface area contributed by atoms with E-state index in [2.05, 4.69) is 17.5 Å². The Bertz CT molecular complexity index is 653. The molecule has 1 aromatic carbocycles. The summed E-state index contributed by atoms with van der Waals surface area (Å²) in [6.45, 7) is 0.724. The number of hydrogen-bond donors (Lipinski definition) is 3. The maximum atomic E-state index is 12.5. The average Bonchev–Trinajstić information content (AvgIpc) is 3.00. The largest absolute Gasteiger partial charge is 0.381 e. The number of carbonyl (C=O) groups excluding carboxylic acids is 1. The van der Waals surface area contributed by atoms with E-state index < -0.39 is 11.0 Å². The molecule has 3 unspecified atom stereocenters. The van der Waals surface area contributed by atoms with Gasteiger partial charge in [0.05, 0.1) is 5.41 Å². The lowest BCUT2D eigenvalue weighted by molar-refractivity contribution is -0.127. The Hall–Kier alpha value is -1.81. The highest BCUT2D eigenvalue weighted by molar-refractivity contribution is 6.00. The van der Waals surface area contributed by atoms with Crippen molar-refractivity contribution in [2.24, 2.45) is 22.8 Å². The minimum absolute atomic E-state index is 0.254. The van der Waals surface area contributed by atoms with Gasteiger partial charge in [0, 0.05) is 23.3 Å². The summed E-state index contributed by atoms with van der Waals surface area (Å²) in [6.07, 6.45) is 5.86. The summed E-state index contributed by atoms with van der Waals surface area (Å²) < 4.78 is 0. The van der Waals surface area contributed by atoms with Crippen LogP contribution in [0.1, 0.15) is 31.2 Å². The molecule has 1 aromatic rings. The first-order valence-electron chi connectivity index (χ1n) is 7.69. The van der Waals surface area contributed by atoms with Crippen LogP contribution >= 0.6 is 0 Å². The molecule has 4 rings (SSSR count). The molecule has 2 saturated carbocycles. The van der Waals surface area contributed by atoms with Crippen LogP contribution in [-0.2, 0) is 4.79 Å². The van der Waals surface area contributed by atoms with Crippen LogP contribution in [0.5, 0.6) is 0 Å². The van der Waals surface area contributed by atoms with Crippen molar-refractivity contribution in [3.8, 4) is 0 Å². The Kier molecular flexibility index (Phi) is 2.52. The zero-order valence-corrected chi connectivity index (χ0v) is 12.1. The fraction of sp³-hybridized carbons (Fsp3) is 0.471. The van der Waals surface area contributed by atoms with Crippen LogP contribution in [0, 0.1) is 11.3 Å². The molecule has 1 aliphatic heterocycles. The predicted octanol–water partition coefficient (Wildman–Crippen LogP) is 1.87. The minimum Gasteiger partial charge on any atom is -0.381 e. The SMILES string of the molecule is NC(=O)C1(C2=CCNc3ccccc32)CC2CCC1(N)C2. The maximum Gasteiger partial charge on any atom is 0.229 e. The van der Waals surface area contributed by atoms with E-state index in [9.17, 15) is 4.79 Å². The molecule has 3 atom stereocenters. The van der Waals surface area contributed by atoms with Crippen molar-refractivity contribution < 1.29 is 4.79 Å². The number of para-hydroxylation sites is 1. The van der Waals surface area contributed by atoms with Crippen molar-refractivity contribution in [1.29, 1.82) is 0 Å². The third-order valence-corrected chi connectivity index (χ3v) is 5.79. The molecule has 0 radical (unpaired) electrons. The van der Waals surface area contributed by atoms with Gasteiger partial charge in [0.15, 0.2) is 0 Å². The first kappa shape index (κ1) is 12.9. The molecular weight excluding hydrogens is 262 g/mol. The van der Waals surface area contributed by atoms with E-state index in [1.165, 1.54) is 0 Å². The highest BCUT2D eigenvalue weighted by atomic mass is 16.1. The van der Waals surface area contributed by atoms with E-state index in [4.69, 9.17) is 11.5 Å². The number of benzene rings is 1. The van der Waals surface area contributed by atoms with Crippen molar-refractivity contribution in [1.82, 2.24) is 0 Å². The van der Waals surface area contributed by atoms with Crippen molar-refractivity contribution >= 4 is 17.2 Å². The third kappa shape index (κ3) is 1.51. The van der Waals surface area contributed by atoms with Gasteiger partial charge in [-0.25, -0.2) is 0 Å². The van der Waals surface area contributed by atoms with Crippen molar-refractivity contribution in [2.45, 2.75) is 31.2 Å². The van der Waals surface area contributed by atoms with Crippen LogP contribution in [0.15, 0.2) is 30.3 Å². The molecule has 110 valence electrons. The topological polar surface area (TPSA) is 81.1 Å². The van der Waals surface area contributed by atoms with Gasteiger partial charge in [0.2, 0.25) is 5.91 Å². The lowest BCUT2D eigenvalue weighted by atomic mass is 9.61. The van der Waals surface area contributed by atoms with Gasteiger partial charge in [-0.1, -0.05) is 24.3 Å². The molecule has 1 amide bonds. The summed E-state index contributed by atoms with van der Waals surface area (Å²) in [5.41, 5.74) is 14.7. The fourth-order valence-electron chi connectivity index (χ4n) is 4.89. The van der Waals surface area contributed by atoms with Gasteiger partial charge in [0.25, 0.3) is 0 Å². The number of carbonyl (C=O) groups is 1. The molecule has 4 heteroatoms. The van der Waals surface area contributed by atoms with Crippen LogP contribution in [0.25, 0.3) is 5.57 Å². The van der Waals surface area contributed by atoms with E-state index >= 15 is 0 Å². The number of nitrogens with one attached hydrogen (secondary N) is 1. The molecule has 2 aliphatic carbocycles. The smallest absolute Gasteiger partial charge is 0.229 e. The molecule has 3 aliphatic rings. The van der Waals surface area contributed by atoms with Crippen LogP contribution in [0.2, 0.25) is 0 Å². The van der Waals surface area contributed by atoms with Gasteiger partial charge in [-0.2, -0.15) is 0 Å². The van der Waals surface area contributed by atoms with Gasteiger partial charge >= 0.3 is 0 Å². The predicted molar refractivity (Wildman–Crippen MR) is 83.4 cm³/mol. The normalized spacial score (nSPS) is 36.8. The molecule has 1 heterocycles. The Morgan fingerprint density at radius 3 is 2.76 bits per heavy atom. The molecular formula is C17H21N3O. The standard InChI is InChI=1S/C17H21N3O/c18-15(21)17(10-11-5-7-16(17,19)9-11)13-6-8-20-14-4-2-1-3-12(13)14/h1-4,6,11,20H,5,7-10,19H2,(H2,18,21). The lowest BCUT2D eigenvalue weighted by Crippen LogP contribution is -2.58. The quantitative estimate of drug-likeness (QED) is 0.775. The molecule has 2 fully saturated rings. The molecule has 0 aromatic heterocycles. The summed E-state index contributed by atoms with van der Waals surface area (Å²) >= 11 is 0. The Labute approximate surface area is 124 Å².